The summed E-state index contributed by atoms with van der Waals surface area (Å²) in [6, 6.07) is 0.103. The van der Waals surface area contributed by atoms with Gasteiger partial charge in [-0.3, -0.25) is 0 Å². The van der Waals surface area contributed by atoms with Gasteiger partial charge in [0.15, 0.2) is 0 Å². The van der Waals surface area contributed by atoms with Crippen molar-refractivity contribution in [2.75, 3.05) is 11.5 Å². The first kappa shape index (κ1) is 11.5. The van der Waals surface area contributed by atoms with Crippen LogP contribution in [0.5, 0.6) is 0 Å². The van der Waals surface area contributed by atoms with Crippen molar-refractivity contribution >= 4 is 11.8 Å². The van der Waals surface area contributed by atoms with Crippen molar-refractivity contribution in [3.63, 3.8) is 0 Å². The van der Waals surface area contributed by atoms with Crippen LogP contribution in [0.3, 0.4) is 0 Å². The molecule has 1 aromatic heterocycles. The molecule has 3 heterocycles. The van der Waals surface area contributed by atoms with Gasteiger partial charge in [0.2, 0.25) is 0 Å². The molecule has 5 heteroatoms. The van der Waals surface area contributed by atoms with E-state index in [-0.39, 0.29) is 6.04 Å². The predicted molar refractivity (Wildman–Crippen MR) is 69.9 cm³/mol. The standard InChI is InChI=1S/C12H20N4S/c13-10-4-1-5-16-11(14-15-12(10)16)7-9-3-2-6-17-8-9/h9-10H,1-8,13H2. The van der Waals surface area contributed by atoms with Crippen molar-refractivity contribution < 1.29 is 0 Å². The van der Waals surface area contributed by atoms with E-state index in [0.29, 0.717) is 0 Å². The van der Waals surface area contributed by atoms with Gasteiger partial charge in [0.05, 0.1) is 6.04 Å². The van der Waals surface area contributed by atoms with Crippen molar-refractivity contribution in [2.45, 2.75) is 44.7 Å². The normalized spacial score (nSPS) is 29.0. The summed E-state index contributed by atoms with van der Waals surface area (Å²) >= 11 is 2.08. The van der Waals surface area contributed by atoms with Crippen molar-refractivity contribution in [1.82, 2.24) is 14.8 Å². The maximum absolute atomic E-state index is 6.07. The molecule has 0 radical (unpaired) electrons. The van der Waals surface area contributed by atoms with Crippen molar-refractivity contribution in [2.24, 2.45) is 11.7 Å². The van der Waals surface area contributed by atoms with Crippen LogP contribution in [-0.2, 0) is 13.0 Å². The molecule has 4 nitrogen and oxygen atoms in total. The van der Waals surface area contributed by atoms with Crippen LogP contribution in [0.15, 0.2) is 0 Å². The fraction of sp³-hybridized carbons (Fsp3) is 0.833. The predicted octanol–water partition coefficient (Wildman–Crippen LogP) is 1.76. The summed E-state index contributed by atoms with van der Waals surface area (Å²) in [6.07, 6.45) is 6.01. The highest BCUT2D eigenvalue weighted by molar-refractivity contribution is 7.99. The molecule has 0 bridgehead atoms. The van der Waals surface area contributed by atoms with E-state index in [4.69, 9.17) is 5.73 Å². The Morgan fingerprint density at radius 3 is 3.06 bits per heavy atom. The highest BCUT2D eigenvalue weighted by Gasteiger charge is 2.24. The number of hydrogen-bond acceptors (Lipinski definition) is 4. The molecule has 94 valence electrons. The van der Waals surface area contributed by atoms with Gasteiger partial charge in [0.1, 0.15) is 11.6 Å². The zero-order chi connectivity index (χ0) is 11.7. The third-order valence-corrected chi connectivity index (χ3v) is 5.09. The molecule has 3 rings (SSSR count). The monoisotopic (exact) mass is 252 g/mol. The Morgan fingerprint density at radius 1 is 1.29 bits per heavy atom. The molecule has 1 aromatic rings. The summed E-state index contributed by atoms with van der Waals surface area (Å²) in [7, 11) is 0. The van der Waals surface area contributed by atoms with Gasteiger partial charge in [0.25, 0.3) is 0 Å². The average molecular weight is 252 g/mol. The Bertz CT molecular complexity index is 384. The Hall–Kier alpha value is -0.550. The van der Waals surface area contributed by atoms with Gasteiger partial charge in [-0.05, 0) is 43.1 Å². The van der Waals surface area contributed by atoms with Crippen LogP contribution in [0.2, 0.25) is 0 Å². The largest absolute Gasteiger partial charge is 0.321 e. The van der Waals surface area contributed by atoms with Gasteiger partial charge < -0.3 is 10.3 Å². The number of nitrogens with zero attached hydrogens (tertiary/aromatic N) is 3. The Labute approximate surface area is 106 Å². The van der Waals surface area contributed by atoms with Gasteiger partial charge in [-0.25, -0.2) is 0 Å². The third-order valence-electron chi connectivity index (χ3n) is 3.81. The maximum Gasteiger partial charge on any atom is 0.149 e. The minimum Gasteiger partial charge on any atom is -0.321 e. The first-order valence-corrected chi connectivity index (χ1v) is 7.75. The summed E-state index contributed by atoms with van der Waals surface area (Å²) < 4.78 is 2.27. The van der Waals surface area contributed by atoms with Crippen LogP contribution in [-0.4, -0.2) is 26.3 Å². The van der Waals surface area contributed by atoms with Gasteiger partial charge in [-0.1, -0.05) is 0 Å². The van der Waals surface area contributed by atoms with Gasteiger partial charge in [-0.2, -0.15) is 11.8 Å². The van der Waals surface area contributed by atoms with Crippen LogP contribution < -0.4 is 5.73 Å². The van der Waals surface area contributed by atoms with Gasteiger partial charge in [-0.15, -0.1) is 10.2 Å². The second-order valence-corrected chi connectivity index (χ2v) is 6.31. The molecule has 2 aliphatic heterocycles. The number of fused-ring (bicyclic) bond motifs is 1. The van der Waals surface area contributed by atoms with Crippen molar-refractivity contribution in [3.05, 3.63) is 11.6 Å². The quantitative estimate of drug-likeness (QED) is 0.871. The Morgan fingerprint density at radius 2 is 2.24 bits per heavy atom. The molecule has 2 unspecified atom stereocenters. The van der Waals surface area contributed by atoms with E-state index in [1.54, 1.807) is 0 Å². The van der Waals surface area contributed by atoms with Crippen LogP contribution >= 0.6 is 11.8 Å². The average Bonchev–Trinajstić information content (AvgIpc) is 2.76. The lowest BCUT2D eigenvalue weighted by molar-refractivity contribution is 0.428. The van der Waals surface area contributed by atoms with Crippen molar-refractivity contribution in [1.29, 1.82) is 0 Å². The molecule has 0 aromatic carbocycles. The van der Waals surface area contributed by atoms with E-state index in [9.17, 15) is 0 Å². The fourth-order valence-corrected chi connectivity index (χ4v) is 4.00. The summed E-state index contributed by atoms with van der Waals surface area (Å²) in [5.74, 6) is 5.59. The lowest BCUT2D eigenvalue weighted by atomic mass is 10.0. The minimum absolute atomic E-state index is 0.103. The molecular weight excluding hydrogens is 232 g/mol. The first-order valence-electron chi connectivity index (χ1n) is 6.60. The Kier molecular flexibility index (Phi) is 3.38. The highest BCUT2D eigenvalue weighted by atomic mass is 32.2. The first-order chi connectivity index (χ1) is 8.34. The van der Waals surface area contributed by atoms with Crippen LogP contribution in [0, 0.1) is 5.92 Å². The molecular formula is C12H20N4S. The van der Waals surface area contributed by atoms with Crippen LogP contribution in [0.4, 0.5) is 0 Å². The fourth-order valence-electron chi connectivity index (χ4n) is 2.84. The van der Waals surface area contributed by atoms with Crippen LogP contribution in [0.25, 0.3) is 0 Å². The second kappa shape index (κ2) is 4.98. The van der Waals surface area contributed by atoms with Crippen LogP contribution in [0.1, 0.15) is 43.4 Å². The smallest absolute Gasteiger partial charge is 0.149 e. The van der Waals surface area contributed by atoms with E-state index < -0.39 is 0 Å². The summed E-state index contributed by atoms with van der Waals surface area (Å²) in [5.41, 5.74) is 6.07. The minimum atomic E-state index is 0.103. The number of hydrogen-bond donors (Lipinski definition) is 1. The molecule has 2 atom stereocenters. The number of rotatable bonds is 2. The third kappa shape index (κ3) is 2.36. The number of aromatic nitrogens is 3. The van der Waals surface area contributed by atoms with E-state index in [2.05, 4.69) is 26.5 Å². The summed E-state index contributed by atoms with van der Waals surface area (Å²) in [6.45, 7) is 1.06. The summed E-state index contributed by atoms with van der Waals surface area (Å²) in [4.78, 5) is 0. The molecule has 1 saturated heterocycles. The number of nitrogens with two attached hydrogens (primary N) is 1. The van der Waals surface area contributed by atoms with E-state index in [0.717, 1.165) is 31.1 Å². The van der Waals surface area contributed by atoms with Crippen molar-refractivity contribution in [3.8, 4) is 0 Å². The lowest BCUT2D eigenvalue weighted by Crippen LogP contribution is -2.24. The van der Waals surface area contributed by atoms with E-state index in [1.165, 1.54) is 36.6 Å². The Balaban J connectivity index is 1.74. The van der Waals surface area contributed by atoms with E-state index in [1.807, 2.05) is 0 Å². The molecule has 0 aliphatic carbocycles. The lowest BCUT2D eigenvalue weighted by Gasteiger charge is -2.23. The second-order valence-electron chi connectivity index (χ2n) is 5.16. The molecule has 1 fully saturated rings. The maximum atomic E-state index is 6.07. The highest BCUT2D eigenvalue weighted by Crippen LogP contribution is 2.27. The molecule has 0 saturated carbocycles. The molecule has 0 spiro atoms. The van der Waals surface area contributed by atoms with Gasteiger partial charge >= 0.3 is 0 Å². The topological polar surface area (TPSA) is 56.7 Å². The number of thioether (sulfide) groups is 1. The molecule has 2 aliphatic rings. The zero-order valence-electron chi connectivity index (χ0n) is 10.1. The SMILES string of the molecule is NC1CCCn2c(CC3CCCSC3)nnc21. The van der Waals surface area contributed by atoms with Gasteiger partial charge in [0, 0.05) is 13.0 Å². The summed E-state index contributed by atoms with van der Waals surface area (Å²) in [5, 5.41) is 8.65. The molecule has 0 amide bonds. The zero-order valence-corrected chi connectivity index (χ0v) is 11.0. The molecule has 17 heavy (non-hydrogen) atoms. The van der Waals surface area contributed by atoms with E-state index >= 15 is 0 Å². The molecule has 2 N–H and O–H groups in total.